The molecule has 0 amide bonds. The molecule has 1 aliphatic rings. The lowest BCUT2D eigenvalue weighted by Gasteiger charge is -2.35. The van der Waals surface area contributed by atoms with E-state index in [1.54, 1.807) is 42.5 Å². The van der Waals surface area contributed by atoms with Crippen molar-refractivity contribution in [3.63, 3.8) is 0 Å². The van der Waals surface area contributed by atoms with Gasteiger partial charge in [0.15, 0.2) is 0 Å². The van der Waals surface area contributed by atoms with Crippen LogP contribution in [0, 0.1) is 5.82 Å². The Hall–Kier alpha value is -4.45. The number of carbonyl (C=O) groups is 1. The van der Waals surface area contributed by atoms with Gasteiger partial charge < -0.3 is 14.3 Å². The van der Waals surface area contributed by atoms with E-state index in [0.29, 0.717) is 48.8 Å². The van der Waals surface area contributed by atoms with Crippen LogP contribution in [0.3, 0.4) is 0 Å². The van der Waals surface area contributed by atoms with Gasteiger partial charge in [-0.2, -0.15) is 0 Å². The largest absolute Gasteiger partial charge is 0.470 e. The van der Waals surface area contributed by atoms with Crippen LogP contribution in [0.5, 0.6) is 5.75 Å². The molecule has 0 saturated heterocycles. The molecule has 0 aromatic heterocycles. The second-order valence-corrected chi connectivity index (χ2v) is 9.97. The third kappa shape index (κ3) is 6.57. The molecule has 40 heavy (non-hydrogen) atoms. The van der Waals surface area contributed by atoms with Crippen LogP contribution in [0.1, 0.15) is 54.4 Å². The Morgan fingerprint density at radius 2 is 1.32 bits per heavy atom. The normalized spacial score (nSPS) is 14.8. The Balaban J connectivity index is 1.33. The van der Waals surface area contributed by atoms with E-state index in [-0.39, 0.29) is 5.82 Å². The van der Waals surface area contributed by atoms with Gasteiger partial charge in [-0.15, -0.1) is 0 Å². The van der Waals surface area contributed by atoms with Gasteiger partial charge >= 0.3 is 5.97 Å². The number of ether oxygens (including phenoxy) is 2. The maximum Gasteiger partial charge on any atom is 0.322 e. The summed E-state index contributed by atoms with van der Waals surface area (Å²) in [5.41, 5.74) is 2.08. The summed E-state index contributed by atoms with van der Waals surface area (Å²) < 4.78 is 26.7. The van der Waals surface area contributed by atoms with E-state index in [4.69, 9.17) is 14.3 Å². The standard InChI is InChI=1S/C34H32FNO4/c35-31-17-9-8-16-30(31)34(22-10-3-11-23-34)33(37)40-29-20-18-28(19-21-29)32(38-24-26-12-4-1-5-13-26)36-39-25-27-14-6-2-7-15-27/h1-2,4-9,12-21H,3,10-11,22-25H2/b36-32+. The average Bonchev–Trinajstić information content (AvgIpc) is 3.01. The van der Waals surface area contributed by atoms with Crippen molar-refractivity contribution in [2.75, 3.05) is 0 Å². The Labute approximate surface area is 234 Å². The molecule has 0 radical (unpaired) electrons. The molecule has 0 atom stereocenters. The number of esters is 1. The maximum atomic E-state index is 14.8. The minimum Gasteiger partial charge on any atom is -0.470 e. The molecule has 5 rings (SSSR count). The molecule has 204 valence electrons. The second kappa shape index (κ2) is 13.1. The van der Waals surface area contributed by atoms with Crippen LogP contribution >= 0.6 is 0 Å². The summed E-state index contributed by atoms with van der Waals surface area (Å²) in [6.45, 7) is 0.614. The molecule has 0 spiro atoms. The Morgan fingerprint density at radius 1 is 0.725 bits per heavy atom. The van der Waals surface area contributed by atoms with Crippen molar-refractivity contribution in [2.45, 2.75) is 50.7 Å². The number of rotatable bonds is 9. The predicted molar refractivity (Wildman–Crippen MR) is 152 cm³/mol. The van der Waals surface area contributed by atoms with Crippen LogP contribution in [0.4, 0.5) is 4.39 Å². The molecule has 1 fully saturated rings. The van der Waals surface area contributed by atoms with E-state index < -0.39 is 11.4 Å². The Bertz CT molecular complexity index is 1420. The lowest BCUT2D eigenvalue weighted by Crippen LogP contribution is -2.41. The van der Waals surface area contributed by atoms with Gasteiger partial charge in [0.25, 0.3) is 5.90 Å². The lowest BCUT2D eigenvalue weighted by atomic mass is 9.69. The highest BCUT2D eigenvalue weighted by Gasteiger charge is 2.44. The Kier molecular flexibility index (Phi) is 8.86. The van der Waals surface area contributed by atoms with Crippen molar-refractivity contribution in [2.24, 2.45) is 5.16 Å². The summed E-state index contributed by atoms with van der Waals surface area (Å²) in [4.78, 5) is 19.2. The highest BCUT2D eigenvalue weighted by atomic mass is 19.1. The van der Waals surface area contributed by atoms with Crippen molar-refractivity contribution in [1.82, 2.24) is 0 Å². The molecular weight excluding hydrogens is 505 g/mol. The molecule has 1 aliphatic carbocycles. The van der Waals surface area contributed by atoms with E-state index in [9.17, 15) is 9.18 Å². The number of carbonyl (C=O) groups excluding carboxylic acids is 1. The van der Waals surface area contributed by atoms with Crippen LogP contribution < -0.4 is 4.74 Å². The van der Waals surface area contributed by atoms with Gasteiger partial charge in [-0.05, 0) is 59.5 Å². The number of halogens is 1. The fourth-order valence-corrected chi connectivity index (χ4v) is 5.09. The van der Waals surface area contributed by atoms with Gasteiger partial charge in [0.2, 0.25) is 0 Å². The van der Waals surface area contributed by atoms with Crippen LogP contribution in [0.25, 0.3) is 0 Å². The number of benzene rings is 4. The van der Waals surface area contributed by atoms with Gasteiger partial charge in [-0.3, -0.25) is 4.79 Å². The van der Waals surface area contributed by atoms with Gasteiger partial charge in [-0.1, -0.05) is 98.1 Å². The third-order valence-electron chi connectivity index (χ3n) is 7.24. The van der Waals surface area contributed by atoms with E-state index in [2.05, 4.69) is 5.16 Å². The zero-order chi connectivity index (χ0) is 27.6. The van der Waals surface area contributed by atoms with Crippen molar-refractivity contribution in [3.8, 4) is 5.75 Å². The summed E-state index contributed by atoms with van der Waals surface area (Å²) in [6.07, 6.45) is 3.85. The van der Waals surface area contributed by atoms with Crippen molar-refractivity contribution >= 4 is 11.9 Å². The van der Waals surface area contributed by atoms with Gasteiger partial charge in [-0.25, -0.2) is 4.39 Å². The summed E-state index contributed by atoms with van der Waals surface area (Å²) in [6, 6.07) is 33.0. The zero-order valence-electron chi connectivity index (χ0n) is 22.3. The number of oxime groups is 1. The molecule has 1 saturated carbocycles. The van der Waals surface area contributed by atoms with Gasteiger partial charge in [0.05, 0.1) is 5.41 Å². The third-order valence-corrected chi connectivity index (χ3v) is 7.24. The molecule has 0 N–H and O–H groups in total. The summed E-state index contributed by atoms with van der Waals surface area (Å²) >= 11 is 0. The zero-order valence-corrected chi connectivity index (χ0v) is 22.3. The average molecular weight is 538 g/mol. The van der Waals surface area contributed by atoms with Crippen LogP contribution in [-0.4, -0.2) is 11.9 Å². The fraction of sp³-hybridized carbons (Fsp3) is 0.235. The summed E-state index contributed by atoms with van der Waals surface area (Å²) in [5, 5.41) is 4.27. The first kappa shape index (κ1) is 27.1. The fourth-order valence-electron chi connectivity index (χ4n) is 5.09. The van der Waals surface area contributed by atoms with Crippen LogP contribution in [0.15, 0.2) is 114 Å². The van der Waals surface area contributed by atoms with Gasteiger partial charge in [0, 0.05) is 11.1 Å². The Morgan fingerprint density at radius 3 is 1.98 bits per heavy atom. The minimum absolute atomic E-state index is 0.298. The van der Waals surface area contributed by atoms with Crippen molar-refractivity contribution < 1.29 is 23.5 Å². The van der Waals surface area contributed by atoms with Gasteiger partial charge in [0.1, 0.15) is 24.8 Å². The first-order valence-electron chi connectivity index (χ1n) is 13.6. The first-order valence-corrected chi connectivity index (χ1v) is 13.6. The molecule has 5 nitrogen and oxygen atoms in total. The molecule has 0 heterocycles. The molecule has 6 heteroatoms. The summed E-state index contributed by atoms with van der Waals surface area (Å²) in [5.74, 6) is -0.107. The van der Waals surface area contributed by atoms with Crippen LogP contribution in [-0.2, 0) is 33.0 Å². The van der Waals surface area contributed by atoms with E-state index >= 15 is 0 Å². The highest BCUT2D eigenvalue weighted by Crippen LogP contribution is 2.42. The molecule has 4 aromatic rings. The quantitative estimate of drug-likeness (QED) is 0.0721. The molecular formula is C34H32FNO4. The molecule has 4 aromatic carbocycles. The van der Waals surface area contributed by atoms with E-state index in [0.717, 1.165) is 30.4 Å². The number of nitrogens with zero attached hydrogens (tertiary/aromatic N) is 1. The van der Waals surface area contributed by atoms with E-state index in [1.165, 1.54) is 6.07 Å². The van der Waals surface area contributed by atoms with Crippen LogP contribution in [0.2, 0.25) is 0 Å². The minimum atomic E-state index is -0.987. The monoisotopic (exact) mass is 537 g/mol. The topological polar surface area (TPSA) is 57.1 Å². The smallest absolute Gasteiger partial charge is 0.322 e. The summed E-state index contributed by atoms with van der Waals surface area (Å²) in [7, 11) is 0. The SMILES string of the molecule is O=C(Oc1ccc(/C(=N\OCc2ccccc2)OCc2ccccc2)cc1)C1(c2ccccc2F)CCCCC1. The number of hydrogen-bond acceptors (Lipinski definition) is 5. The van der Waals surface area contributed by atoms with Crippen molar-refractivity contribution in [3.05, 3.63) is 137 Å². The maximum absolute atomic E-state index is 14.8. The molecule has 0 unspecified atom stereocenters. The first-order chi connectivity index (χ1) is 19.6. The molecule has 0 aliphatic heterocycles. The number of hydrogen-bond donors (Lipinski definition) is 0. The lowest BCUT2D eigenvalue weighted by molar-refractivity contribution is -0.142. The second-order valence-electron chi connectivity index (χ2n) is 9.97. The predicted octanol–water partition coefficient (Wildman–Crippen LogP) is 7.73. The highest BCUT2D eigenvalue weighted by molar-refractivity contribution is 5.94. The van der Waals surface area contributed by atoms with E-state index in [1.807, 2.05) is 60.7 Å². The van der Waals surface area contributed by atoms with Crippen molar-refractivity contribution in [1.29, 1.82) is 0 Å². The molecule has 0 bridgehead atoms.